The Kier molecular flexibility index (Phi) is 6.22. The predicted octanol–water partition coefficient (Wildman–Crippen LogP) is 5.51. The van der Waals surface area contributed by atoms with Crippen LogP contribution in [0, 0.1) is 36.5 Å². The Hall–Kier alpha value is -2.87. The van der Waals surface area contributed by atoms with Crippen LogP contribution in [-0.4, -0.2) is 16.6 Å². The highest BCUT2D eigenvalue weighted by atomic mass is 32.2. The molecular formula is C22H20N4OS2. The maximum Gasteiger partial charge on any atom is 0.235 e. The molecule has 0 saturated carbocycles. The molecule has 3 rings (SSSR count). The number of benzene rings is 1. The van der Waals surface area contributed by atoms with E-state index in [1.807, 2.05) is 32.0 Å². The number of pyridine rings is 1. The fourth-order valence-electron chi connectivity index (χ4n) is 2.87. The van der Waals surface area contributed by atoms with Gasteiger partial charge in [0, 0.05) is 10.3 Å². The molecule has 3 aromatic rings. The van der Waals surface area contributed by atoms with Crippen LogP contribution >= 0.6 is 23.1 Å². The lowest BCUT2D eigenvalue weighted by molar-refractivity contribution is -0.113. The van der Waals surface area contributed by atoms with Gasteiger partial charge in [-0.3, -0.25) is 4.79 Å². The number of rotatable bonds is 5. The third kappa shape index (κ3) is 4.42. The Balaban J connectivity index is 1.79. The maximum atomic E-state index is 12.4. The van der Waals surface area contributed by atoms with E-state index in [2.05, 4.69) is 42.4 Å². The van der Waals surface area contributed by atoms with E-state index in [-0.39, 0.29) is 11.7 Å². The minimum atomic E-state index is -0.228. The number of thiophene rings is 1. The van der Waals surface area contributed by atoms with Gasteiger partial charge in [0.2, 0.25) is 5.91 Å². The Morgan fingerprint density at radius 3 is 2.66 bits per heavy atom. The molecule has 0 saturated heterocycles. The minimum absolute atomic E-state index is 0.109. The Bertz CT molecular complexity index is 1180. The molecule has 0 radical (unpaired) electrons. The standard InChI is InChI=1S/C22H20N4OS2/c1-12(2)15-5-6-19-16(7-15)8-17(9-23)21(25-19)28-11-20(27)26-22-18(10-24)13(3)14(4)29-22/h5-8,12H,11H2,1-4H3,(H,26,27). The first-order valence-corrected chi connectivity index (χ1v) is 10.9. The number of nitrogens with one attached hydrogen (secondary N) is 1. The van der Waals surface area contributed by atoms with Gasteiger partial charge in [0.1, 0.15) is 22.2 Å². The fraction of sp³-hybridized carbons (Fsp3) is 0.273. The molecule has 1 N–H and O–H groups in total. The van der Waals surface area contributed by atoms with Crippen LogP contribution in [0.5, 0.6) is 0 Å². The topological polar surface area (TPSA) is 89.6 Å². The molecular weight excluding hydrogens is 400 g/mol. The number of hydrogen-bond donors (Lipinski definition) is 1. The molecule has 0 aliphatic carbocycles. The molecule has 1 aromatic carbocycles. The largest absolute Gasteiger partial charge is 0.316 e. The number of aryl methyl sites for hydroxylation is 1. The van der Waals surface area contributed by atoms with Gasteiger partial charge in [0.05, 0.1) is 22.4 Å². The maximum absolute atomic E-state index is 12.4. The van der Waals surface area contributed by atoms with Crippen molar-refractivity contribution in [1.82, 2.24) is 4.98 Å². The van der Waals surface area contributed by atoms with Crippen molar-refractivity contribution < 1.29 is 4.79 Å². The lowest BCUT2D eigenvalue weighted by atomic mass is 10.0. The molecule has 0 bridgehead atoms. The number of nitrogens with zero attached hydrogens (tertiary/aromatic N) is 3. The molecule has 146 valence electrons. The first kappa shape index (κ1) is 20.9. The van der Waals surface area contributed by atoms with Crippen LogP contribution in [0.1, 0.15) is 46.9 Å². The van der Waals surface area contributed by atoms with Crippen LogP contribution in [0.25, 0.3) is 10.9 Å². The van der Waals surface area contributed by atoms with Gasteiger partial charge in [0.25, 0.3) is 0 Å². The van der Waals surface area contributed by atoms with E-state index >= 15 is 0 Å². The first-order valence-electron chi connectivity index (χ1n) is 9.11. The van der Waals surface area contributed by atoms with Crippen LogP contribution in [0.4, 0.5) is 5.00 Å². The molecule has 0 aliphatic heterocycles. The SMILES string of the molecule is Cc1sc(NC(=O)CSc2nc3ccc(C(C)C)cc3cc2C#N)c(C#N)c1C. The highest BCUT2D eigenvalue weighted by Gasteiger charge is 2.16. The van der Waals surface area contributed by atoms with Crippen molar-refractivity contribution in [2.75, 3.05) is 11.1 Å². The van der Waals surface area contributed by atoms with Gasteiger partial charge in [-0.15, -0.1) is 11.3 Å². The molecule has 1 amide bonds. The van der Waals surface area contributed by atoms with Gasteiger partial charge in [-0.1, -0.05) is 31.7 Å². The normalized spacial score (nSPS) is 10.7. The second kappa shape index (κ2) is 8.65. The van der Waals surface area contributed by atoms with Crippen LogP contribution in [0.15, 0.2) is 29.3 Å². The average molecular weight is 421 g/mol. The van der Waals surface area contributed by atoms with E-state index in [0.29, 0.717) is 27.1 Å². The summed E-state index contributed by atoms with van der Waals surface area (Å²) < 4.78 is 0. The first-order chi connectivity index (χ1) is 13.8. The number of carbonyl (C=O) groups excluding carboxylic acids is 1. The highest BCUT2D eigenvalue weighted by molar-refractivity contribution is 8.00. The van der Waals surface area contributed by atoms with Crippen molar-refractivity contribution >= 4 is 44.9 Å². The summed E-state index contributed by atoms with van der Waals surface area (Å²) in [5.74, 6) is 0.275. The van der Waals surface area contributed by atoms with Crippen LogP contribution in [-0.2, 0) is 4.79 Å². The fourth-order valence-corrected chi connectivity index (χ4v) is 4.66. The summed E-state index contributed by atoms with van der Waals surface area (Å²) in [7, 11) is 0. The molecule has 5 nitrogen and oxygen atoms in total. The average Bonchev–Trinajstić information content (AvgIpc) is 2.97. The van der Waals surface area contributed by atoms with Crippen molar-refractivity contribution in [3.8, 4) is 12.1 Å². The van der Waals surface area contributed by atoms with E-state index in [9.17, 15) is 15.3 Å². The predicted molar refractivity (Wildman–Crippen MR) is 118 cm³/mol. The molecule has 0 atom stereocenters. The van der Waals surface area contributed by atoms with Crippen LogP contribution in [0.3, 0.4) is 0 Å². The summed E-state index contributed by atoms with van der Waals surface area (Å²) in [4.78, 5) is 18.0. The molecule has 0 unspecified atom stereocenters. The smallest absolute Gasteiger partial charge is 0.235 e. The van der Waals surface area contributed by atoms with Crippen molar-refractivity contribution in [3.63, 3.8) is 0 Å². The van der Waals surface area contributed by atoms with Gasteiger partial charge >= 0.3 is 0 Å². The zero-order valence-corrected chi connectivity index (χ0v) is 18.3. The number of nitriles is 2. The van der Waals surface area contributed by atoms with Crippen LogP contribution in [0.2, 0.25) is 0 Å². The Morgan fingerprint density at radius 1 is 1.24 bits per heavy atom. The van der Waals surface area contributed by atoms with E-state index in [1.165, 1.54) is 28.7 Å². The summed E-state index contributed by atoms with van der Waals surface area (Å²) in [6, 6.07) is 12.2. The molecule has 0 fully saturated rings. The monoisotopic (exact) mass is 420 g/mol. The number of carbonyl (C=O) groups is 1. The van der Waals surface area contributed by atoms with Crippen molar-refractivity contribution in [2.45, 2.75) is 38.6 Å². The van der Waals surface area contributed by atoms with Gasteiger partial charge in [0.15, 0.2) is 0 Å². The molecule has 2 heterocycles. The Labute approximate surface area is 178 Å². The Morgan fingerprint density at radius 2 is 2.00 bits per heavy atom. The summed E-state index contributed by atoms with van der Waals surface area (Å²) in [5.41, 5.74) is 3.85. The number of thioether (sulfide) groups is 1. The minimum Gasteiger partial charge on any atom is -0.316 e. The van der Waals surface area contributed by atoms with E-state index in [1.54, 1.807) is 0 Å². The summed E-state index contributed by atoms with van der Waals surface area (Å²) >= 11 is 2.62. The number of aromatic nitrogens is 1. The zero-order valence-electron chi connectivity index (χ0n) is 16.7. The number of hydrogen-bond acceptors (Lipinski definition) is 6. The van der Waals surface area contributed by atoms with E-state index in [4.69, 9.17) is 0 Å². The van der Waals surface area contributed by atoms with Gasteiger partial charge in [-0.25, -0.2) is 4.98 Å². The van der Waals surface area contributed by atoms with Gasteiger partial charge in [-0.2, -0.15) is 10.5 Å². The number of fused-ring (bicyclic) bond motifs is 1. The number of anilines is 1. The van der Waals surface area contributed by atoms with Crippen molar-refractivity contribution in [1.29, 1.82) is 10.5 Å². The van der Waals surface area contributed by atoms with Crippen molar-refractivity contribution in [3.05, 3.63) is 51.4 Å². The quantitative estimate of drug-likeness (QED) is 0.550. The lowest BCUT2D eigenvalue weighted by Crippen LogP contribution is -2.14. The van der Waals surface area contributed by atoms with Gasteiger partial charge < -0.3 is 5.32 Å². The molecule has 0 aliphatic rings. The summed E-state index contributed by atoms with van der Waals surface area (Å²) in [6.45, 7) is 8.04. The second-order valence-corrected chi connectivity index (χ2v) is 9.18. The van der Waals surface area contributed by atoms with Crippen LogP contribution < -0.4 is 5.32 Å². The third-order valence-electron chi connectivity index (χ3n) is 4.68. The van der Waals surface area contributed by atoms with Gasteiger partial charge in [-0.05, 0) is 49.1 Å². The molecule has 29 heavy (non-hydrogen) atoms. The third-order valence-corrected chi connectivity index (χ3v) is 6.79. The lowest BCUT2D eigenvalue weighted by Gasteiger charge is -2.09. The molecule has 2 aromatic heterocycles. The zero-order chi connectivity index (χ0) is 21.1. The second-order valence-electron chi connectivity index (χ2n) is 7.00. The highest BCUT2D eigenvalue weighted by Crippen LogP contribution is 2.32. The number of amides is 1. The van der Waals surface area contributed by atoms with E-state index < -0.39 is 0 Å². The summed E-state index contributed by atoms with van der Waals surface area (Å²) in [5, 5.41) is 23.7. The van der Waals surface area contributed by atoms with Crippen molar-refractivity contribution in [2.24, 2.45) is 0 Å². The molecule has 0 spiro atoms. The summed E-state index contributed by atoms with van der Waals surface area (Å²) in [6.07, 6.45) is 0. The molecule has 7 heteroatoms. The van der Waals surface area contributed by atoms with E-state index in [0.717, 1.165) is 21.3 Å².